The average Bonchev–Trinajstić information content (AvgIpc) is 2.40. The van der Waals surface area contributed by atoms with Crippen LogP contribution in [-0.2, 0) is 0 Å². The van der Waals surface area contributed by atoms with E-state index in [0.29, 0.717) is 22.6 Å². The van der Waals surface area contributed by atoms with Crippen molar-refractivity contribution in [1.82, 2.24) is 0 Å². The predicted octanol–water partition coefficient (Wildman–Crippen LogP) is 3.67. The van der Waals surface area contributed by atoms with Gasteiger partial charge in [-0.15, -0.1) is 0 Å². The van der Waals surface area contributed by atoms with E-state index in [4.69, 9.17) is 15.1 Å². The number of aryl methyl sites for hydroxylation is 2. The summed E-state index contributed by atoms with van der Waals surface area (Å²) in [5.74, 6) is -0.00414. The summed E-state index contributed by atoms with van der Waals surface area (Å²) in [5, 5.41) is 18.1. The van der Waals surface area contributed by atoms with E-state index in [1.165, 1.54) is 6.07 Å². The Hall–Kier alpha value is -2.80. The molecule has 2 aromatic rings. The van der Waals surface area contributed by atoms with Gasteiger partial charge in [0, 0.05) is 0 Å². The van der Waals surface area contributed by atoms with Crippen molar-refractivity contribution in [2.24, 2.45) is 0 Å². The van der Waals surface area contributed by atoms with Gasteiger partial charge in [-0.25, -0.2) is 4.79 Å². The molecule has 4 nitrogen and oxygen atoms in total. The lowest BCUT2D eigenvalue weighted by Crippen LogP contribution is -1.99. The van der Waals surface area contributed by atoms with Gasteiger partial charge in [0.15, 0.2) is 0 Å². The lowest BCUT2D eigenvalue weighted by Gasteiger charge is -2.09. The van der Waals surface area contributed by atoms with Crippen LogP contribution in [0.15, 0.2) is 36.4 Å². The van der Waals surface area contributed by atoms with Crippen LogP contribution >= 0.6 is 0 Å². The normalized spacial score (nSPS) is 9.85. The fourth-order valence-corrected chi connectivity index (χ4v) is 1.89. The van der Waals surface area contributed by atoms with Crippen LogP contribution in [0.3, 0.4) is 0 Å². The predicted molar refractivity (Wildman–Crippen MR) is 74.1 cm³/mol. The summed E-state index contributed by atoms with van der Waals surface area (Å²) in [4.78, 5) is 10.9. The molecule has 0 aliphatic rings. The van der Waals surface area contributed by atoms with Gasteiger partial charge in [0.05, 0.1) is 11.1 Å². The molecule has 20 heavy (non-hydrogen) atoms. The zero-order valence-electron chi connectivity index (χ0n) is 11.2. The second-order valence-electron chi connectivity index (χ2n) is 4.50. The van der Waals surface area contributed by atoms with Crippen molar-refractivity contribution in [1.29, 1.82) is 5.26 Å². The molecule has 0 aliphatic heterocycles. The molecule has 0 saturated carbocycles. The number of nitrogens with zero attached hydrogens (tertiary/aromatic N) is 1. The highest BCUT2D eigenvalue weighted by atomic mass is 16.5. The molecule has 0 amide bonds. The summed E-state index contributed by atoms with van der Waals surface area (Å²) in [6.07, 6.45) is 0. The average molecular weight is 267 g/mol. The molecule has 0 aliphatic carbocycles. The Labute approximate surface area is 116 Å². The van der Waals surface area contributed by atoms with Gasteiger partial charge in [0.1, 0.15) is 17.6 Å². The van der Waals surface area contributed by atoms with E-state index >= 15 is 0 Å². The molecule has 2 aromatic carbocycles. The van der Waals surface area contributed by atoms with Crippen molar-refractivity contribution in [3.63, 3.8) is 0 Å². The lowest BCUT2D eigenvalue weighted by molar-refractivity contribution is 0.0696. The quantitative estimate of drug-likeness (QED) is 0.921. The topological polar surface area (TPSA) is 70.3 Å². The molecule has 100 valence electrons. The van der Waals surface area contributed by atoms with Crippen LogP contribution < -0.4 is 4.74 Å². The molecule has 0 fully saturated rings. The zero-order chi connectivity index (χ0) is 14.7. The van der Waals surface area contributed by atoms with Crippen LogP contribution in [0, 0.1) is 25.2 Å². The number of aromatic carboxylic acids is 1. The first-order valence-electron chi connectivity index (χ1n) is 6.04. The molecule has 0 radical (unpaired) electrons. The minimum absolute atomic E-state index is 0.238. The number of carboxylic acid groups (broad SMARTS) is 1. The summed E-state index contributed by atoms with van der Waals surface area (Å²) in [7, 11) is 0. The Morgan fingerprint density at radius 2 is 1.95 bits per heavy atom. The van der Waals surface area contributed by atoms with Gasteiger partial charge in [-0.2, -0.15) is 5.26 Å². The van der Waals surface area contributed by atoms with Crippen molar-refractivity contribution in [3.8, 4) is 17.6 Å². The van der Waals surface area contributed by atoms with Crippen molar-refractivity contribution >= 4 is 5.97 Å². The third-order valence-corrected chi connectivity index (χ3v) is 2.91. The lowest BCUT2D eigenvalue weighted by atomic mass is 10.1. The summed E-state index contributed by atoms with van der Waals surface area (Å²) in [6.45, 7) is 3.60. The fraction of sp³-hybridized carbons (Fsp3) is 0.125. The van der Waals surface area contributed by atoms with Crippen molar-refractivity contribution < 1.29 is 14.6 Å². The molecule has 0 aromatic heterocycles. The Morgan fingerprint density at radius 1 is 1.20 bits per heavy atom. The number of carboxylic acids is 1. The standard InChI is InChI=1S/C16H13NO3/c1-10-3-6-15(12(7-10)9-17)20-13-4-5-14(16(18)19)11(2)8-13/h3-8H,1-2H3,(H,18,19). The molecule has 0 saturated heterocycles. The molecule has 0 unspecified atom stereocenters. The van der Waals surface area contributed by atoms with Gasteiger partial charge in [-0.3, -0.25) is 0 Å². The molecule has 0 heterocycles. The van der Waals surface area contributed by atoms with Gasteiger partial charge in [-0.05, 0) is 55.3 Å². The van der Waals surface area contributed by atoms with E-state index in [-0.39, 0.29) is 5.56 Å². The number of benzene rings is 2. The van der Waals surface area contributed by atoms with Gasteiger partial charge in [0.25, 0.3) is 0 Å². The van der Waals surface area contributed by atoms with Crippen molar-refractivity contribution in [3.05, 3.63) is 58.7 Å². The maximum atomic E-state index is 10.9. The van der Waals surface area contributed by atoms with Crippen molar-refractivity contribution in [2.45, 2.75) is 13.8 Å². The maximum Gasteiger partial charge on any atom is 0.335 e. The highest BCUT2D eigenvalue weighted by molar-refractivity contribution is 5.89. The maximum absolute atomic E-state index is 10.9. The summed E-state index contributed by atoms with van der Waals surface area (Å²) in [5.41, 5.74) is 2.28. The summed E-state index contributed by atoms with van der Waals surface area (Å²) < 4.78 is 5.66. The molecule has 4 heteroatoms. The second kappa shape index (κ2) is 5.45. The van der Waals surface area contributed by atoms with Crippen LogP contribution in [0.1, 0.15) is 27.0 Å². The first-order chi connectivity index (χ1) is 9.51. The molecule has 0 atom stereocenters. The molecular formula is C16H13NO3. The molecule has 0 spiro atoms. The van der Waals surface area contributed by atoms with Crippen LogP contribution in [0.5, 0.6) is 11.5 Å². The number of rotatable bonds is 3. The van der Waals surface area contributed by atoms with Gasteiger partial charge in [0.2, 0.25) is 0 Å². The monoisotopic (exact) mass is 267 g/mol. The van der Waals surface area contributed by atoms with Crippen molar-refractivity contribution in [2.75, 3.05) is 0 Å². The summed E-state index contributed by atoms with van der Waals surface area (Å²) in [6, 6.07) is 12.1. The molecule has 1 N–H and O–H groups in total. The Kier molecular flexibility index (Phi) is 3.72. The van der Waals surface area contributed by atoms with E-state index in [2.05, 4.69) is 6.07 Å². The molecular weight excluding hydrogens is 254 g/mol. The first-order valence-corrected chi connectivity index (χ1v) is 6.04. The number of ether oxygens (including phenoxy) is 1. The summed E-state index contributed by atoms with van der Waals surface area (Å²) >= 11 is 0. The van der Waals surface area contributed by atoms with E-state index in [9.17, 15) is 4.79 Å². The minimum Gasteiger partial charge on any atom is -0.478 e. The van der Waals surface area contributed by atoms with Crippen LogP contribution in [0.2, 0.25) is 0 Å². The van der Waals surface area contributed by atoms with Gasteiger partial charge >= 0.3 is 5.97 Å². The Bertz CT molecular complexity index is 714. The number of hydrogen-bond acceptors (Lipinski definition) is 3. The minimum atomic E-state index is -0.970. The zero-order valence-corrected chi connectivity index (χ0v) is 11.2. The molecule has 2 rings (SSSR count). The largest absolute Gasteiger partial charge is 0.478 e. The third-order valence-electron chi connectivity index (χ3n) is 2.91. The van der Waals surface area contributed by atoms with Crippen LogP contribution in [0.4, 0.5) is 0 Å². The van der Waals surface area contributed by atoms with E-state index in [1.54, 1.807) is 31.2 Å². The smallest absolute Gasteiger partial charge is 0.335 e. The number of carbonyl (C=O) groups is 1. The van der Waals surface area contributed by atoms with Crippen LogP contribution in [0.25, 0.3) is 0 Å². The van der Waals surface area contributed by atoms with E-state index < -0.39 is 5.97 Å². The Morgan fingerprint density at radius 3 is 2.55 bits per heavy atom. The number of hydrogen-bond donors (Lipinski definition) is 1. The second-order valence-corrected chi connectivity index (χ2v) is 4.50. The van der Waals surface area contributed by atoms with Gasteiger partial charge in [-0.1, -0.05) is 6.07 Å². The SMILES string of the molecule is Cc1ccc(Oc2ccc(C(=O)O)c(C)c2)c(C#N)c1. The highest BCUT2D eigenvalue weighted by Crippen LogP contribution is 2.27. The molecule has 0 bridgehead atoms. The van der Waals surface area contributed by atoms with E-state index in [1.807, 2.05) is 13.0 Å². The highest BCUT2D eigenvalue weighted by Gasteiger charge is 2.09. The van der Waals surface area contributed by atoms with E-state index in [0.717, 1.165) is 5.56 Å². The first kappa shape index (κ1) is 13.6. The number of nitriles is 1. The van der Waals surface area contributed by atoms with Crippen LogP contribution in [-0.4, -0.2) is 11.1 Å². The van der Waals surface area contributed by atoms with Gasteiger partial charge < -0.3 is 9.84 Å². The Balaban J connectivity index is 2.34. The fourth-order valence-electron chi connectivity index (χ4n) is 1.89. The third kappa shape index (κ3) is 2.78.